The van der Waals surface area contributed by atoms with Crippen LogP contribution >= 0.6 is 11.6 Å². The summed E-state index contributed by atoms with van der Waals surface area (Å²) in [4.78, 5) is 0. The summed E-state index contributed by atoms with van der Waals surface area (Å²) in [6.45, 7) is 2.01. The lowest BCUT2D eigenvalue weighted by Gasteiger charge is -2.12. The van der Waals surface area contributed by atoms with Gasteiger partial charge in [0.05, 0.1) is 6.10 Å². The molecule has 0 fully saturated rings. The molecule has 2 aromatic rings. The van der Waals surface area contributed by atoms with Crippen molar-refractivity contribution in [3.8, 4) is 0 Å². The van der Waals surface area contributed by atoms with Crippen molar-refractivity contribution in [2.75, 3.05) is 0 Å². The van der Waals surface area contributed by atoms with E-state index in [9.17, 15) is 9.50 Å². The van der Waals surface area contributed by atoms with Crippen molar-refractivity contribution >= 4 is 11.6 Å². The van der Waals surface area contributed by atoms with Crippen molar-refractivity contribution < 1.29 is 9.50 Å². The summed E-state index contributed by atoms with van der Waals surface area (Å²) in [6, 6.07) is 12.0. The monoisotopic (exact) mass is 264 g/mol. The minimum absolute atomic E-state index is 0.299. The van der Waals surface area contributed by atoms with Gasteiger partial charge in [-0.2, -0.15) is 0 Å². The average molecular weight is 265 g/mol. The Morgan fingerprint density at radius 2 is 1.83 bits per heavy atom. The molecule has 0 heterocycles. The second-order valence-electron chi connectivity index (χ2n) is 4.41. The van der Waals surface area contributed by atoms with Crippen LogP contribution in [0.3, 0.4) is 0 Å². The van der Waals surface area contributed by atoms with E-state index in [1.54, 1.807) is 6.07 Å². The smallest absolute Gasteiger partial charge is 0.125 e. The van der Waals surface area contributed by atoms with Gasteiger partial charge in [-0.05, 0) is 36.2 Å². The van der Waals surface area contributed by atoms with Crippen molar-refractivity contribution in [3.63, 3.8) is 0 Å². The predicted octanol–water partition coefficient (Wildman–Crippen LogP) is 4.06. The fourth-order valence-electron chi connectivity index (χ4n) is 1.83. The van der Waals surface area contributed by atoms with Gasteiger partial charge in [-0.1, -0.05) is 41.4 Å². The van der Waals surface area contributed by atoms with E-state index in [1.165, 1.54) is 17.7 Å². The van der Waals surface area contributed by atoms with E-state index in [-0.39, 0.29) is 0 Å². The number of halogens is 2. The molecule has 2 aromatic carbocycles. The molecular formula is C15H14ClFO. The second-order valence-corrected chi connectivity index (χ2v) is 4.84. The summed E-state index contributed by atoms with van der Waals surface area (Å²) >= 11 is 5.77. The van der Waals surface area contributed by atoms with E-state index >= 15 is 0 Å². The fraction of sp³-hybridized carbons (Fsp3) is 0.200. The molecule has 18 heavy (non-hydrogen) atoms. The molecule has 3 heteroatoms. The Morgan fingerprint density at radius 3 is 2.44 bits per heavy atom. The van der Waals surface area contributed by atoms with E-state index < -0.39 is 11.9 Å². The highest BCUT2D eigenvalue weighted by molar-refractivity contribution is 6.30. The van der Waals surface area contributed by atoms with E-state index in [0.717, 1.165) is 5.56 Å². The molecule has 1 N–H and O–H groups in total. The van der Waals surface area contributed by atoms with Crippen LogP contribution in [0.5, 0.6) is 0 Å². The summed E-state index contributed by atoms with van der Waals surface area (Å²) in [5.41, 5.74) is 2.68. The third-order valence-electron chi connectivity index (χ3n) is 2.82. The molecule has 1 nitrogen and oxygen atoms in total. The molecule has 1 unspecified atom stereocenters. The molecule has 0 saturated carbocycles. The highest BCUT2D eigenvalue weighted by atomic mass is 35.5. The average Bonchev–Trinajstić information content (AvgIpc) is 2.31. The van der Waals surface area contributed by atoms with E-state index in [2.05, 4.69) is 0 Å². The van der Waals surface area contributed by atoms with Crippen molar-refractivity contribution in [3.05, 3.63) is 70.0 Å². The first-order chi connectivity index (χ1) is 8.54. The van der Waals surface area contributed by atoms with Crippen molar-refractivity contribution in [2.45, 2.75) is 19.4 Å². The minimum atomic E-state index is -0.749. The zero-order chi connectivity index (χ0) is 13.1. The van der Waals surface area contributed by atoms with Gasteiger partial charge in [0, 0.05) is 11.4 Å². The van der Waals surface area contributed by atoms with Gasteiger partial charge in [-0.25, -0.2) is 4.39 Å². The first-order valence-electron chi connectivity index (χ1n) is 5.74. The van der Waals surface area contributed by atoms with Crippen molar-refractivity contribution in [1.29, 1.82) is 0 Å². The Labute approximate surface area is 111 Å². The number of aryl methyl sites for hydroxylation is 1. The Morgan fingerprint density at radius 1 is 1.17 bits per heavy atom. The normalized spacial score (nSPS) is 12.4. The largest absolute Gasteiger partial charge is 0.388 e. The Hall–Kier alpha value is -1.38. The Balaban J connectivity index is 2.16. The lowest BCUT2D eigenvalue weighted by atomic mass is 10.0. The summed E-state index contributed by atoms with van der Waals surface area (Å²) in [5, 5.41) is 10.4. The highest BCUT2D eigenvalue weighted by Crippen LogP contribution is 2.23. The molecule has 0 aromatic heterocycles. The van der Waals surface area contributed by atoms with Gasteiger partial charge in [-0.15, -0.1) is 0 Å². The zero-order valence-electron chi connectivity index (χ0n) is 10.0. The summed E-state index contributed by atoms with van der Waals surface area (Å²) in [6.07, 6.45) is -0.305. The van der Waals surface area contributed by atoms with Crippen LogP contribution in [0, 0.1) is 12.7 Å². The Kier molecular flexibility index (Phi) is 4.00. The minimum Gasteiger partial charge on any atom is -0.388 e. The molecule has 1 atom stereocenters. The van der Waals surface area contributed by atoms with Gasteiger partial charge < -0.3 is 5.11 Å². The number of rotatable bonds is 3. The highest BCUT2D eigenvalue weighted by Gasteiger charge is 2.10. The number of aliphatic hydroxyl groups is 1. The van der Waals surface area contributed by atoms with Crippen LogP contribution in [0.25, 0.3) is 0 Å². The maximum absolute atomic E-state index is 13.2. The van der Waals surface area contributed by atoms with E-state index in [0.29, 0.717) is 17.0 Å². The van der Waals surface area contributed by atoms with Gasteiger partial charge in [0.15, 0.2) is 0 Å². The predicted molar refractivity (Wildman–Crippen MR) is 71.3 cm³/mol. The van der Waals surface area contributed by atoms with E-state index in [4.69, 9.17) is 11.6 Å². The van der Waals surface area contributed by atoms with Crippen LogP contribution < -0.4 is 0 Å². The topological polar surface area (TPSA) is 20.2 Å². The fourth-order valence-corrected chi connectivity index (χ4v) is 2.06. The lowest BCUT2D eigenvalue weighted by molar-refractivity contribution is 0.178. The summed E-state index contributed by atoms with van der Waals surface area (Å²) < 4.78 is 13.2. The SMILES string of the molecule is Cc1ccc(CC(O)c2cc(F)cc(Cl)c2)cc1. The maximum Gasteiger partial charge on any atom is 0.125 e. The molecule has 94 valence electrons. The quantitative estimate of drug-likeness (QED) is 0.886. The third-order valence-corrected chi connectivity index (χ3v) is 3.04. The van der Waals surface area contributed by atoms with Gasteiger partial charge in [0.2, 0.25) is 0 Å². The van der Waals surface area contributed by atoms with Gasteiger partial charge in [-0.3, -0.25) is 0 Å². The molecule has 0 saturated heterocycles. The molecule has 0 amide bonds. The van der Waals surface area contributed by atoms with Crippen LogP contribution in [0.2, 0.25) is 5.02 Å². The first kappa shape index (κ1) is 13.1. The number of hydrogen-bond donors (Lipinski definition) is 1. The number of aliphatic hydroxyl groups excluding tert-OH is 1. The molecule has 2 rings (SSSR count). The van der Waals surface area contributed by atoms with Crippen LogP contribution in [0.1, 0.15) is 22.8 Å². The summed E-state index contributed by atoms with van der Waals surface area (Å²) in [5.74, 6) is -0.430. The molecule has 0 spiro atoms. The van der Waals surface area contributed by atoms with Crippen molar-refractivity contribution in [1.82, 2.24) is 0 Å². The molecule has 0 bridgehead atoms. The molecular weight excluding hydrogens is 251 g/mol. The van der Waals surface area contributed by atoms with Gasteiger partial charge >= 0.3 is 0 Å². The van der Waals surface area contributed by atoms with Gasteiger partial charge in [0.25, 0.3) is 0 Å². The Bertz CT molecular complexity index is 516. The number of hydrogen-bond acceptors (Lipinski definition) is 1. The maximum atomic E-state index is 13.2. The van der Waals surface area contributed by atoms with Crippen LogP contribution in [-0.4, -0.2) is 5.11 Å². The van der Waals surface area contributed by atoms with E-state index in [1.807, 2.05) is 31.2 Å². The second kappa shape index (κ2) is 5.51. The van der Waals surface area contributed by atoms with Crippen LogP contribution in [0.4, 0.5) is 4.39 Å². The lowest BCUT2D eigenvalue weighted by Crippen LogP contribution is -2.02. The first-order valence-corrected chi connectivity index (χ1v) is 6.12. The van der Waals surface area contributed by atoms with Crippen LogP contribution in [0.15, 0.2) is 42.5 Å². The molecule has 0 radical (unpaired) electrons. The van der Waals surface area contributed by atoms with Gasteiger partial charge in [0.1, 0.15) is 5.82 Å². The molecule has 0 aliphatic rings. The third kappa shape index (κ3) is 3.31. The molecule has 0 aliphatic carbocycles. The van der Waals surface area contributed by atoms with Crippen molar-refractivity contribution in [2.24, 2.45) is 0 Å². The zero-order valence-corrected chi connectivity index (χ0v) is 10.8. The molecule has 0 aliphatic heterocycles. The summed E-state index contributed by atoms with van der Waals surface area (Å²) in [7, 11) is 0. The standard InChI is InChI=1S/C15H14ClFO/c1-10-2-4-11(5-3-10)6-15(18)12-7-13(16)9-14(17)8-12/h2-5,7-9,15,18H,6H2,1H3. The van der Waals surface area contributed by atoms with Crippen LogP contribution in [-0.2, 0) is 6.42 Å². The number of benzene rings is 2.